The molecule has 0 spiro atoms. The average Bonchev–Trinajstić information content (AvgIpc) is 2.08. The summed E-state index contributed by atoms with van der Waals surface area (Å²) >= 11 is 0. The van der Waals surface area contributed by atoms with Gasteiger partial charge in [0.25, 0.3) is 0 Å². The maximum atomic E-state index is 10.9. The number of halogens is 1. The third-order valence-electron chi connectivity index (χ3n) is 2.28. The monoisotopic (exact) mass is 250 g/mol. The molecule has 0 saturated carbocycles. The first-order valence-electron chi connectivity index (χ1n) is 4.15. The summed E-state index contributed by atoms with van der Waals surface area (Å²) in [6, 6.07) is 1.21. The third-order valence-corrected chi connectivity index (χ3v) is 3.26. The van der Waals surface area contributed by atoms with Gasteiger partial charge < -0.3 is 10.2 Å². The summed E-state index contributed by atoms with van der Waals surface area (Å²) in [5, 5.41) is 18.7. The van der Waals surface area contributed by atoms with Crippen LogP contribution < -0.4 is 0 Å². The van der Waals surface area contributed by atoms with E-state index in [0.717, 1.165) is 0 Å². The second-order valence-corrected chi connectivity index (χ2v) is 6.11. The van der Waals surface area contributed by atoms with Gasteiger partial charge in [-0.1, -0.05) is 0 Å². The molecule has 2 N–H and O–H groups in total. The lowest BCUT2D eigenvalue weighted by Crippen LogP contribution is -1.99. The highest BCUT2D eigenvalue weighted by Crippen LogP contribution is 2.33. The number of rotatable bonds is 2. The summed E-state index contributed by atoms with van der Waals surface area (Å²) in [4.78, 5) is 0. The molecule has 0 radical (unpaired) electrons. The van der Waals surface area contributed by atoms with Gasteiger partial charge in [0.15, 0.2) is 11.5 Å². The van der Waals surface area contributed by atoms with E-state index in [4.69, 9.17) is 10.7 Å². The van der Waals surface area contributed by atoms with E-state index < -0.39 is 9.05 Å². The van der Waals surface area contributed by atoms with Crippen LogP contribution in [0, 0.1) is 13.8 Å². The van der Waals surface area contributed by atoms with Crippen LogP contribution in [-0.4, -0.2) is 18.6 Å². The summed E-state index contributed by atoms with van der Waals surface area (Å²) in [6.45, 7) is 3.25. The summed E-state index contributed by atoms with van der Waals surface area (Å²) in [6.07, 6.45) is 0. The minimum absolute atomic E-state index is 0.233. The Balaban J connectivity index is 3.33. The van der Waals surface area contributed by atoms with Crippen molar-refractivity contribution in [3.63, 3.8) is 0 Å². The topological polar surface area (TPSA) is 74.6 Å². The van der Waals surface area contributed by atoms with E-state index >= 15 is 0 Å². The number of aromatic hydroxyl groups is 2. The van der Waals surface area contributed by atoms with Crippen LogP contribution in [0.3, 0.4) is 0 Å². The van der Waals surface area contributed by atoms with Gasteiger partial charge in [-0.2, -0.15) is 0 Å². The van der Waals surface area contributed by atoms with Crippen molar-refractivity contribution in [3.8, 4) is 11.5 Å². The van der Waals surface area contributed by atoms with E-state index in [1.54, 1.807) is 13.8 Å². The van der Waals surface area contributed by atoms with Crippen molar-refractivity contribution in [1.82, 2.24) is 0 Å². The van der Waals surface area contributed by atoms with Crippen LogP contribution >= 0.6 is 10.7 Å². The number of hydrogen-bond acceptors (Lipinski definition) is 4. The van der Waals surface area contributed by atoms with Crippen LogP contribution in [0.15, 0.2) is 6.07 Å². The molecule has 0 saturated heterocycles. The summed E-state index contributed by atoms with van der Waals surface area (Å²) < 4.78 is 21.8. The zero-order valence-electron chi connectivity index (χ0n) is 8.28. The Kier molecular flexibility index (Phi) is 3.16. The first-order chi connectivity index (χ1) is 6.72. The number of hydrogen-bond donors (Lipinski definition) is 2. The van der Waals surface area contributed by atoms with Crippen LogP contribution in [0.5, 0.6) is 11.5 Å². The van der Waals surface area contributed by atoms with Crippen LogP contribution in [0.4, 0.5) is 0 Å². The Bertz CT molecular complexity index is 493. The highest BCUT2D eigenvalue weighted by atomic mass is 35.7. The zero-order valence-corrected chi connectivity index (χ0v) is 9.85. The fourth-order valence-corrected chi connectivity index (χ4v) is 2.31. The Morgan fingerprint density at radius 2 is 1.80 bits per heavy atom. The van der Waals surface area contributed by atoms with Gasteiger partial charge in [-0.15, -0.1) is 0 Å². The Morgan fingerprint density at radius 3 is 2.27 bits per heavy atom. The average molecular weight is 251 g/mol. The van der Waals surface area contributed by atoms with E-state index in [2.05, 4.69) is 0 Å². The van der Waals surface area contributed by atoms with Crippen molar-refractivity contribution < 1.29 is 18.6 Å². The second-order valence-electron chi connectivity index (χ2n) is 3.34. The largest absolute Gasteiger partial charge is 0.504 e. The molecule has 0 aromatic heterocycles. The molecule has 0 aliphatic heterocycles. The zero-order chi connectivity index (χ0) is 11.8. The number of phenolic OH excluding ortho intramolecular Hbond substituents is 2. The smallest absolute Gasteiger partial charge is 0.236 e. The molecule has 1 aromatic carbocycles. The predicted molar refractivity (Wildman–Crippen MR) is 57.7 cm³/mol. The maximum absolute atomic E-state index is 10.9. The summed E-state index contributed by atoms with van der Waals surface area (Å²) in [5.74, 6) is -0.939. The van der Waals surface area contributed by atoms with Crippen LogP contribution in [0.1, 0.15) is 16.7 Å². The van der Waals surface area contributed by atoms with Crippen molar-refractivity contribution in [3.05, 3.63) is 22.8 Å². The van der Waals surface area contributed by atoms with Gasteiger partial charge in [0.2, 0.25) is 9.05 Å². The van der Waals surface area contributed by atoms with Crippen LogP contribution in [0.25, 0.3) is 0 Å². The van der Waals surface area contributed by atoms with Gasteiger partial charge in [-0.25, -0.2) is 8.42 Å². The predicted octanol–water partition coefficient (Wildman–Crippen LogP) is 1.78. The fraction of sp³-hybridized carbons (Fsp3) is 0.333. The van der Waals surface area contributed by atoms with E-state index in [0.29, 0.717) is 16.7 Å². The third kappa shape index (κ3) is 2.76. The molecule has 4 nitrogen and oxygen atoms in total. The number of phenols is 2. The standard InChI is InChI=1S/C9H11ClO4S/c1-5-6(2)9(12)8(11)3-7(5)4-15(10,13)14/h3,11-12H,4H2,1-2H3. The lowest BCUT2D eigenvalue weighted by atomic mass is 10.0. The van der Waals surface area contributed by atoms with E-state index in [1.165, 1.54) is 6.07 Å². The van der Waals surface area contributed by atoms with E-state index in [9.17, 15) is 18.6 Å². The number of benzene rings is 1. The summed E-state index contributed by atoms with van der Waals surface area (Å²) in [5.41, 5.74) is 1.44. The highest BCUT2D eigenvalue weighted by Gasteiger charge is 2.15. The van der Waals surface area contributed by atoms with Gasteiger partial charge in [0, 0.05) is 10.7 Å². The minimum atomic E-state index is -3.67. The molecule has 15 heavy (non-hydrogen) atoms. The maximum Gasteiger partial charge on any atom is 0.236 e. The molecule has 0 unspecified atom stereocenters. The molecule has 84 valence electrons. The quantitative estimate of drug-likeness (QED) is 0.620. The Labute approximate surface area is 92.5 Å². The normalized spacial score (nSPS) is 11.7. The molecule has 0 bridgehead atoms. The van der Waals surface area contributed by atoms with Crippen molar-refractivity contribution in [1.29, 1.82) is 0 Å². The second kappa shape index (κ2) is 3.90. The molecule has 0 aliphatic carbocycles. The van der Waals surface area contributed by atoms with Crippen LogP contribution in [0.2, 0.25) is 0 Å². The van der Waals surface area contributed by atoms with Gasteiger partial charge in [0.05, 0.1) is 5.75 Å². The first kappa shape index (κ1) is 12.1. The minimum Gasteiger partial charge on any atom is -0.504 e. The van der Waals surface area contributed by atoms with Gasteiger partial charge in [-0.3, -0.25) is 0 Å². The fourth-order valence-electron chi connectivity index (χ4n) is 1.29. The molecular formula is C9H11ClO4S. The van der Waals surface area contributed by atoms with Crippen molar-refractivity contribution in [2.24, 2.45) is 0 Å². The van der Waals surface area contributed by atoms with E-state index in [1.807, 2.05) is 0 Å². The molecule has 1 rings (SSSR count). The molecule has 6 heteroatoms. The van der Waals surface area contributed by atoms with Gasteiger partial charge in [0.1, 0.15) is 0 Å². The summed E-state index contributed by atoms with van der Waals surface area (Å²) in [7, 11) is 1.45. The van der Waals surface area contributed by atoms with Gasteiger partial charge >= 0.3 is 0 Å². The molecule has 0 fully saturated rings. The Morgan fingerprint density at radius 1 is 1.27 bits per heavy atom. The lowest BCUT2D eigenvalue weighted by Gasteiger charge is -2.10. The van der Waals surface area contributed by atoms with Gasteiger partial charge in [-0.05, 0) is 36.6 Å². The van der Waals surface area contributed by atoms with Crippen molar-refractivity contribution in [2.45, 2.75) is 19.6 Å². The molecule has 0 atom stereocenters. The Hall–Kier alpha value is -0.940. The molecule has 1 aromatic rings. The first-order valence-corrected chi connectivity index (χ1v) is 6.63. The molecular weight excluding hydrogens is 240 g/mol. The lowest BCUT2D eigenvalue weighted by molar-refractivity contribution is 0.400. The molecule has 0 heterocycles. The van der Waals surface area contributed by atoms with E-state index in [-0.39, 0.29) is 17.3 Å². The van der Waals surface area contributed by atoms with Crippen LogP contribution in [-0.2, 0) is 14.8 Å². The van der Waals surface area contributed by atoms with Crippen molar-refractivity contribution >= 4 is 19.7 Å². The highest BCUT2D eigenvalue weighted by molar-refractivity contribution is 8.13. The SMILES string of the molecule is Cc1c(CS(=O)(=O)Cl)cc(O)c(O)c1C. The molecule has 0 aliphatic rings. The molecule has 0 amide bonds. The van der Waals surface area contributed by atoms with Crippen molar-refractivity contribution in [2.75, 3.05) is 0 Å².